The Balaban J connectivity index is 1.65. The second-order valence-electron chi connectivity index (χ2n) is 4.84. The number of rotatable bonds is 5. The minimum absolute atomic E-state index is 0.200. The van der Waals surface area contributed by atoms with Gasteiger partial charge in [-0.2, -0.15) is 0 Å². The highest BCUT2D eigenvalue weighted by Gasteiger charge is 2.19. The number of aromatic nitrogens is 3. The van der Waals surface area contributed by atoms with Gasteiger partial charge >= 0.3 is 0 Å². The number of halogens is 1. The summed E-state index contributed by atoms with van der Waals surface area (Å²) in [6, 6.07) is 10.7. The summed E-state index contributed by atoms with van der Waals surface area (Å²) in [5, 5.41) is 11.1. The van der Waals surface area contributed by atoms with Crippen molar-refractivity contribution in [1.82, 2.24) is 15.2 Å². The third-order valence-electron chi connectivity index (χ3n) is 3.09. The van der Waals surface area contributed by atoms with E-state index in [2.05, 4.69) is 20.5 Å². The van der Waals surface area contributed by atoms with Crippen LogP contribution in [0, 0.1) is 0 Å². The first-order valence-electron chi connectivity index (χ1n) is 7.09. The van der Waals surface area contributed by atoms with Crippen LogP contribution < -0.4 is 5.32 Å². The minimum atomic E-state index is -0.427. The standard InChI is InChI=1S/C16H13ClN4O2S/c1-10(14(22)19-13-7-3-2-6-12(13)17)24-16-21-20-15(23-16)11-5-4-8-18-9-11/h2-10H,1H3,(H,19,22). The Hall–Kier alpha value is -2.38. The number of amides is 1. The second-order valence-corrected chi connectivity index (χ2v) is 6.54. The number of benzene rings is 1. The maximum Gasteiger partial charge on any atom is 0.277 e. The van der Waals surface area contributed by atoms with Crippen LogP contribution in [0.15, 0.2) is 58.4 Å². The van der Waals surface area contributed by atoms with E-state index in [4.69, 9.17) is 16.0 Å². The van der Waals surface area contributed by atoms with Crippen molar-refractivity contribution in [3.05, 3.63) is 53.8 Å². The summed E-state index contributed by atoms with van der Waals surface area (Å²) in [4.78, 5) is 16.3. The van der Waals surface area contributed by atoms with E-state index in [1.807, 2.05) is 6.07 Å². The highest BCUT2D eigenvalue weighted by molar-refractivity contribution is 8.00. The summed E-state index contributed by atoms with van der Waals surface area (Å²) in [7, 11) is 0. The Morgan fingerprint density at radius 3 is 2.83 bits per heavy atom. The van der Waals surface area contributed by atoms with Crippen molar-refractivity contribution in [2.75, 3.05) is 5.32 Å². The Morgan fingerprint density at radius 2 is 2.08 bits per heavy atom. The molecule has 2 aromatic heterocycles. The van der Waals surface area contributed by atoms with Gasteiger partial charge in [-0.15, -0.1) is 10.2 Å². The number of pyridine rings is 1. The molecule has 0 aliphatic heterocycles. The molecule has 1 unspecified atom stereocenters. The van der Waals surface area contributed by atoms with Crippen molar-refractivity contribution in [3.8, 4) is 11.5 Å². The zero-order valence-electron chi connectivity index (χ0n) is 12.6. The maximum atomic E-state index is 12.3. The van der Waals surface area contributed by atoms with Crippen LogP contribution in [0.3, 0.4) is 0 Å². The van der Waals surface area contributed by atoms with E-state index in [-0.39, 0.29) is 5.91 Å². The van der Waals surface area contributed by atoms with Crippen molar-refractivity contribution < 1.29 is 9.21 Å². The van der Waals surface area contributed by atoms with Gasteiger partial charge in [0, 0.05) is 12.4 Å². The van der Waals surface area contributed by atoms with E-state index in [9.17, 15) is 4.79 Å². The van der Waals surface area contributed by atoms with Crippen molar-refractivity contribution in [2.45, 2.75) is 17.4 Å². The van der Waals surface area contributed by atoms with Crippen LogP contribution in [-0.2, 0) is 4.79 Å². The zero-order chi connectivity index (χ0) is 16.9. The molecule has 3 rings (SSSR count). The van der Waals surface area contributed by atoms with Crippen molar-refractivity contribution in [1.29, 1.82) is 0 Å². The number of para-hydroxylation sites is 1. The predicted octanol–water partition coefficient (Wildman–Crippen LogP) is 3.90. The maximum absolute atomic E-state index is 12.3. The molecular weight excluding hydrogens is 348 g/mol. The number of nitrogens with zero attached hydrogens (tertiary/aromatic N) is 3. The lowest BCUT2D eigenvalue weighted by Gasteiger charge is -2.10. The largest absolute Gasteiger partial charge is 0.411 e. The second kappa shape index (κ2) is 7.46. The van der Waals surface area contributed by atoms with Gasteiger partial charge in [-0.3, -0.25) is 9.78 Å². The Kier molecular flexibility index (Phi) is 5.12. The molecule has 0 fully saturated rings. The topological polar surface area (TPSA) is 80.9 Å². The van der Waals surface area contributed by atoms with Crippen LogP contribution in [0.5, 0.6) is 0 Å². The first-order chi connectivity index (χ1) is 11.6. The van der Waals surface area contributed by atoms with E-state index >= 15 is 0 Å². The molecule has 1 amide bonds. The summed E-state index contributed by atoms with van der Waals surface area (Å²) in [5.41, 5.74) is 1.29. The van der Waals surface area contributed by atoms with Gasteiger partial charge in [-0.05, 0) is 31.2 Å². The Morgan fingerprint density at radius 1 is 1.25 bits per heavy atom. The van der Waals surface area contributed by atoms with E-state index in [0.29, 0.717) is 21.8 Å². The summed E-state index contributed by atoms with van der Waals surface area (Å²) in [6.45, 7) is 1.75. The first-order valence-corrected chi connectivity index (χ1v) is 8.35. The zero-order valence-corrected chi connectivity index (χ0v) is 14.2. The molecule has 0 aliphatic carbocycles. The molecule has 1 aromatic carbocycles. The fraction of sp³-hybridized carbons (Fsp3) is 0.125. The highest BCUT2D eigenvalue weighted by atomic mass is 35.5. The average molecular weight is 361 g/mol. The quantitative estimate of drug-likeness (QED) is 0.695. The number of anilines is 1. The smallest absolute Gasteiger partial charge is 0.277 e. The molecule has 0 aliphatic rings. The van der Waals surface area contributed by atoms with E-state index in [1.165, 1.54) is 11.8 Å². The van der Waals surface area contributed by atoms with Gasteiger partial charge in [0.05, 0.1) is 21.5 Å². The number of carbonyl (C=O) groups excluding carboxylic acids is 1. The number of nitrogens with one attached hydrogen (secondary N) is 1. The predicted molar refractivity (Wildman–Crippen MR) is 92.9 cm³/mol. The van der Waals surface area contributed by atoms with Gasteiger partial charge < -0.3 is 9.73 Å². The van der Waals surface area contributed by atoms with E-state index in [1.54, 1.807) is 49.6 Å². The molecule has 0 bridgehead atoms. The number of thioether (sulfide) groups is 1. The third kappa shape index (κ3) is 3.93. The fourth-order valence-corrected chi connectivity index (χ4v) is 2.73. The van der Waals surface area contributed by atoms with Crippen LogP contribution in [0.25, 0.3) is 11.5 Å². The van der Waals surface area contributed by atoms with Crippen molar-refractivity contribution in [2.24, 2.45) is 0 Å². The van der Waals surface area contributed by atoms with Gasteiger partial charge in [0.2, 0.25) is 11.8 Å². The van der Waals surface area contributed by atoms with Crippen LogP contribution >= 0.6 is 23.4 Å². The summed E-state index contributed by atoms with van der Waals surface area (Å²) in [5.74, 6) is 0.165. The van der Waals surface area contributed by atoms with Crippen molar-refractivity contribution >= 4 is 35.0 Å². The van der Waals surface area contributed by atoms with E-state index in [0.717, 1.165) is 5.56 Å². The molecule has 2 heterocycles. The Bertz CT molecular complexity index is 841. The molecule has 6 nitrogen and oxygen atoms in total. The monoisotopic (exact) mass is 360 g/mol. The lowest BCUT2D eigenvalue weighted by atomic mass is 10.3. The first kappa shape index (κ1) is 16.5. The molecular formula is C16H13ClN4O2S. The molecule has 1 N–H and O–H groups in total. The molecule has 0 saturated heterocycles. The van der Waals surface area contributed by atoms with Crippen LogP contribution in [0.1, 0.15) is 6.92 Å². The van der Waals surface area contributed by atoms with Gasteiger partial charge in [0.15, 0.2) is 0 Å². The molecule has 24 heavy (non-hydrogen) atoms. The SMILES string of the molecule is CC(Sc1nnc(-c2cccnc2)o1)C(=O)Nc1ccccc1Cl. The van der Waals surface area contributed by atoms with Gasteiger partial charge in [0.25, 0.3) is 5.22 Å². The molecule has 3 aromatic rings. The average Bonchev–Trinajstić information content (AvgIpc) is 3.06. The Labute approximate surface area is 147 Å². The van der Waals surface area contributed by atoms with Crippen LogP contribution in [0.4, 0.5) is 5.69 Å². The third-order valence-corrected chi connectivity index (χ3v) is 4.36. The van der Waals surface area contributed by atoms with Gasteiger partial charge in [-0.1, -0.05) is 35.5 Å². The lowest BCUT2D eigenvalue weighted by Crippen LogP contribution is -2.22. The molecule has 8 heteroatoms. The van der Waals surface area contributed by atoms with Gasteiger partial charge in [0.1, 0.15) is 0 Å². The number of hydrogen-bond donors (Lipinski definition) is 1. The normalized spacial score (nSPS) is 11.9. The van der Waals surface area contributed by atoms with Crippen LogP contribution in [0.2, 0.25) is 5.02 Å². The highest BCUT2D eigenvalue weighted by Crippen LogP contribution is 2.27. The van der Waals surface area contributed by atoms with Crippen molar-refractivity contribution in [3.63, 3.8) is 0 Å². The minimum Gasteiger partial charge on any atom is -0.411 e. The number of carbonyl (C=O) groups is 1. The summed E-state index contributed by atoms with van der Waals surface area (Å²) in [6.07, 6.45) is 3.30. The summed E-state index contributed by atoms with van der Waals surface area (Å²) < 4.78 is 5.56. The van der Waals surface area contributed by atoms with Crippen LogP contribution in [-0.4, -0.2) is 26.3 Å². The molecule has 122 valence electrons. The molecule has 1 atom stereocenters. The number of hydrogen-bond acceptors (Lipinski definition) is 6. The molecule has 0 saturated carbocycles. The molecule has 0 spiro atoms. The van der Waals surface area contributed by atoms with Gasteiger partial charge in [-0.25, -0.2) is 0 Å². The van der Waals surface area contributed by atoms with E-state index < -0.39 is 5.25 Å². The summed E-state index contributed by atoms with van der Waals surface area (Å²) >= 11 is 7.21. The molecule has 0 radical (unpaired) electrons. The lowest BCUT2D eigenvalue weighted by molar-refractivity contribution is -0.115. The fourth-order valence-electron chi connectivity index (χ4n) is 1.87.